The lowest BCUT2D eigenvalue weighted by Gasteiger charge is -2.26. The van der Waals surface area contributed by atoms with Gasteiger partial charge in [-0.25, -0.2) is 4.39 Å². The molecule has 2 rings (SSSR count). The molecular formula is C17H24FNS. The molecule has 0 aliphatic rings. The summed E-state index contributed by atoms with van der Waals surface area (Å²) in [7, 11) is 0. The van der Waals surface area contributed by atoms with Gasteiger partial charge in [0.05, 0.1) is 11.1 Å². The lowest BCUT2D eigenvalue weighted by Crippen LogP contribution is -2.18. The van der Waals surface area contributed by atoms with Crippen molar-refractivity contribution in [2.24, 2.45) is 0 Å². The van der Waals surface area contributed by atoms with E-state index >= 15 is 0 Å². The minimum absolute atomic E-state index is 0.0301. The fraction of sp³-hybridized carbons (Fsp3) is 0.588. The fourth-order valence-electron chi connectivity index (χ4n) is 2.68. The van der Waals surface area contributed by atoms with E-state index in [1.54, 1.807) is 5.38 Å². The Morgan fingerprint density at radius 1 is 1.05 bits per heavy atom. The zero-order valence-corrected chi connectivity index (χ0v) is 14.3. The molecule has 2 heterocycles. The first kappa shape index (κ1) is 15.4. The summed E-state index contributed by atoms with van der Waals surface area (Å²) in [5.74, 6) is 0.450. The highest BCUT2D eigenvalue weighted by Gasteiger charge is 2.28. The van der Waals surface area contributed by atoms with Crippen molar-refractivity contribution in [3.63, 3.8) is 0 Å². The van der Waals surface area contributed by atoms with Crippen molar-refractivity contribution in [2.75, 3.05) is 0 Å². The normalized spacial score (nSPS) is 12.9. The van der Waals surface area contributed by atoms with Crippen molar-refractivity contribution in [3.05, 3.63) is 28.1 Å². The second-order valence-electron chi connectivity index (χ2n) is 7.10. The molecule has 0 unspecified atom stereocenters. The Kier molecular flexibility index (Phi) is 3.94. The Morgan fingerprint density at radius 3 is 2.05 bits per heavy atom. The maximum Gasteiger partial charge on any atom is 0.143 e. The van der Waals surface area contributed by atoms with Crippen LogP contribution in [0.1, 0.15) is 77.3 Å². The van der Waals surface area contributed by atoms with Crippen LogP contribution in [-0.4, -0.2) is 4.98 Å². The first-order chi connectivity index (χ1) is 9.14. The molecule has 0 fully saturated rings. The third-order valence-electron chi connectivity index (χ3n) is 3.57. The molecule has 0 aromatic carbocycles. The standard InChI is InChI=1S/C17H24FNS/c1-9(2)14-12-11(18)8-20-16(12)13(17(5,6)7)15(19-14)10(3)4/h8-10H,1-7H3. The summed E-state index contributed by atoms with van der Waals surface area (Å²) in [4.78, 5) is 4.87. The molecule has 0 atom stereocenters. The van der Waals surface area contributed by atoms with E-state index in [1.165, 1.54) is 16.9 Å². The predicted octanol–water partition coefficient (Wildman–Crippen LogP) is 5.98. The average Bonchev–Trinajstić information content (AvgIpc) is 2.68. The second kappa shape index (κ2) is 5.10. The molecule has 0 saturated heterocycles. The monoisotopic (exact) mass is 293 g/mol. The Morgan fingerprint density at radius 2 is 1.60 bits per heavy atom. The third kappa shape index (κ3) is 2.48. The van der Waals surface area contributed by atoms with Crippen LogP contribution < -0.4 is 0 Å². The summed E-state index contributed by atoms with van der Waals surface area (Å²) in [6.07, 6.45) is 0. The van der Waals surface area contributed by atoms with Gasteiger partial charge in [0.25, 0.3) is 0 Å². The van der Waals surface area contributed by atoms with Gasteiger partial charge in [-0.05, 0) is 22.8 Å². The number of hydrogen-bond donors (Lipinski definition) is 0. The van der Waals surface area contributed by atoms with E-state index in [4.69, 9.17) is 4.98 Å². The number of hydrogen-bond acceptors (Lipinski definition) is 2. The molecule has 2 aromatic rings. The minimum Gasteiger partial charge on any atom is -0.256 e. The molecule has 0 amide bonds. The van der Waals surface area contributed by atoms with Gasteiger partial charge >= 0.3 is 0 Å². The van der Waals surface area contributed by atoms with E-state index in [2.05, 4.69) is 48.5 Å². The molecule has 0 radical (unpaired) electrons. The Labute approximate surface area is 125 Å². The van der Waals surface area contributed by atoms with Crippen molar-refractivity contribution in [3.8, 4) is 0 Å². The number of fused-ring (bicyclic) bond motifs is 1. The average molecular weight is 293 g/mol. The van der Waals surface area contributed by atoms with E-state index in [9.17, 15) is 4.39 Å². The lowest BCUT2D eigenvalue weighted by molar-refractivity contribution is 0.574. The van der Waals surface area contributed by atoms with Crippen molar-refractivity contribution in [1.82, 2.24) is 4.98 Å². The van der Waals surface area contributed by atoms with Crippen molar-refractivity contribution >= 4 is 21.4 Å². The fourth-order valence-corrected chi connectivity index (χ4v) is 3.87. The van der Waals surface area contributed by atoms with Crippen LogP contribution in [0.5, 0.6) is 0 Å². The van der Waals surface area contributed by atoms with Gasteiger partial charge < -0.3 is 0 Å². The summed E-state index contributed by atoms with van der Waals surface area (Å²) in [5.41, 5.74) is 3.20. The second-order valence-corrected chi connectivity index (χ2v) is 7.98. The highest BCUT2D eigenvalue weighted by molar-refractivity contribution is 7.17. The summed E-state index contributed by atoms with van der Waals surface area (Å²) in [5, 5.41) is 2.36. The van der Waals surface area contributed by atoms with E-state index < -0.39 is 0 Å². The van der Waals surface area contributed by atoms with Crippen LogP contribution in [-0.2, 0) is 5.41 Å². The molecule has 0 spiro atoms. The van der Waals surface area contributed by atoms with Crippen LogP contribution in [0.4, 0.5) is 4.39 Å². The van der Waals surface area contributed by atoms with Gasteiger partial charge in [-0.3, -0.25) is 4.98 Å². The van der Waals surface area contributed by atoms with Gasteiger partial charge in [0.1, 0.15) is 5.82 Å². The number of aromatic nitrogens is 1. The summed E-state index contributed by atoms with van der Waals surface area (Å²) in [6, 6.07) is 0. The van der Waals surface area contributed by atoms with Crippen molar-refractivity contribution in [2.45, 2.75) is 65.7 Å². The van der Waals surface area contributed by atoms with Gasteiger partial charge in [0, 0.05) is 15.8 Å². The zero-order valence-electron chi connectivity index (χ0n) is 13.5. The SMILES string of the molecule is CC(C)c1nc(C(C)C)c2c(F)csc2c1C(C)(C)C. The van der Waals surface area contributed by atoms with Crippen molar-refractivity contribution < 1.29 is 4.39 Å². The van der Waals surface area contributed by atoms with E-state index in [0.29, 0.717) is 5.92 Å². The third-order valence-corrected chi connectivity index (χ3v) is 4.54. The van der Waals surface area contributed by atoms with Gasteiger partial charge in [0.2, 0.25) is 0 Å². The highest BCUT2D eigenvalue weighted by atomic mass is 32.1. The maximum atomic E-state index is 14.2. The smallest absolute Gasteiger partial charge is 0.143 e. The van der Waals surface area contributed by atoms with Crippen LogP contribution in [0.2, 0.25) is 0 Å². The summed E-state index contributed by atoms with van der Waals surface area (Å²) < 4.78 is 15.3. The molecule has 2 aromatic heterocycles. The van der Waals surface area contributed by atoms with Gasteiger partial charge in [-0.2, -0.15) is 0 Å². The first-order valence-electron chi connectivity index (χ1n) is 7.25. The minimum atomic E-state index is -0.123. The van der Waals surface area contributed by atoms with Gasteiger partial charge in [-0.15, -0.1) is 11.3 Å². The largest absolute Gasteiger partial charge is 0.256 e. The number of thiophene rings is 1. The first-order valence-corrected chi connectivity index (χ1v) is 8.13. The number of nitrogens with zero attached hydrogens (tertiary/aromatic N) is 1. The van der Waals surface area contributed by atoms with Crippen LogP contribution >= 0.6 is 11.3 Å². The topological polar surface area (TPSA) is 12.9 Å². The Bertz CT molecular complexity index is 632. The molecule has 0 N–H and O–H groups in total. The molecule has 0 aliphatic carbocycles. The quantitative estimate of drug-likeness (QED) is 0.663. The van der Waals surface area contributed by atoms with E-state index in [0.717, 1.165) is 21.5 Å². The molecule has 0 bridgehead atoms. The molecule has 0 saturated carbocycles. The maximum absolute atomic E-state index is 14.2. The summed E-state index contributed by atoms with van der Waals surface area (Å²) >= 11 is 1.52. The molecule has 110 valence electrons. The summed E-state index contributed by atoms with van der Waals surface area (Å²) in [6.45, 7) is 15.0. The molecule has 0 aliphatic heterocycles. The number of rotatable bonds is 2. The van der Waals surface area contributed by atoms with Gasteiger partial charge in [-0.1, -0.05) is 48.5 Å². The number of halogens is 1. The van der Waals surface area contributed by atoms with E-state index in [1.807, 2.05) is 0 Å². The Balaban J connectivity index is 2.97. The highest BCUT2D eigenvalue weighted by Crippen LogP contribution is 2.41. The molecule has 1 nitrogen and oxygen atoms in total. The molecule has 3 heteroatoms. The van der Waals surface area contributed by atoms with Gasteiger partial charge in [0.15, 0.2) is 0 Å². The predicted molar refractivity (Wildman–Crippen MR) is 86.5 cm³/mol. The van der Waals surface area contributed by atoms with Crippen molar-refractivity contribution in [1.29, 1.82) is 0 Å². The number of pyridine rings is 1. The van der Waals surface area contributed by atoms with Crippen LogP contribution in [0.25, 0.3) is 10.1 Å². The van der Waals surface area contributed by atoms with Crippen LogP contribution in [0, 0.1) is 5.82 Å². The lowest BCUT2D eigenvalue weighted by atomic mass is 9.82. The zero-order chi connectivity index (χ0) is 15.2. The Hall–Kier alpha value is -0.960. The van der Waals surface area contributed by atoms with Crippen LogP contribution in [0.3, 0.4) is 0 Å². The molecular weight excluding hydrogens is 269 g/mol. The van der Waals surface area contributed by atoms with E-state index in [-0.39, 0.29) is 17.2 Å². The van der Waals surface area contributed by atoms with Crippen LogP contribution in [0.15, 0.2) is 5.38 Å². The molecule has 20 heavy (non-hydrogen) atoms.